The molecule has 1 unspecified atom stereocenters. The largest absolute Gasteiger partial charge is 0.289 e. The van der Waals surface area contributed by atoms with E-state index in [0.29, 0.717) is 5.92 Å². The third-order valence-corrected chi connectivity index (χ3v) is 2.10. The minimum absolute atomic E-state index is 0.111. The van der Waals surface area contributed by atoms with Gasteiger partial charge in [-0.3, -0.25) is 4.90 Å². The first-order chi connectivity index (χ1) is 5.65. The van der Waals surface area contributed by atoms with Gasteiger partial charge in [-0.25, -0.2) is 0 Å². The number of nitriles is 1. The van der Waals surface area contributed by atoms with Crippen LogP contribution in [0.1, 0.15) is 34.1 Å². The number of rotatable bonds is 5. The molecule has 0 saturated heterocycles. The van der Waals surface area contributed by atoms with Crippen molar-refractivity contribution in [2.24, 2.45) is 5.92 Å². The van der Waals surface area contributed by atoms with Crippen molar-refractivity contribution in [1.82, 2.24) is 4.90 Å². The van der Waals surface area contributed by atoms with Crippen LogP contribution >= 0.6 is 0 Å². The van der Waals surface area contributed by atoms with Gasteiger partial charge in [-0.15, -0.1) is 0 Å². The molecule has 0 aliphatic carbocycles. The summed E-state index contributed by atoms with van der Waals surface area (Å²) in [6.45, 7) is 10.5. The highest BCUT2D eigenvalue weighted by molar-refractivity contribution is 4.91. The van der Waals surface area contributed by atoms with Crippen LogP contribution in [0.25, 0.3) is 0 Å². The Bertz CT molecular complexity index is 142. The summed E-state index contributed by atoms with van der Waals surface area (Å²) in [4.78, 5) is 2.21. The van der Waals surface area contributed by atoms with Crippen LogP contribution < -0.4 is 0 Å². The van der Waals surface area contributed by atoms with Gasteiger partial charge in [-0.1, -0.05) is 27.7 Å². The first-order valence-corrected chi connectivity index (χ1v) is 4.79. The second-order valence-corrected chi connectivity index (χ2v) is 3.50. The van der Waals surface area contributed by atoms with E-state index in [1.807, 2.05) is 0 Å². The fourth-order valence-corrected chi connectivity index (χ4v) is 1.39. The van der Waals surface area contributed by atoms with Crippen LogP contribution in [0.3, 0.4) is 0 Å². The van der Waals surface area contributed by atoms with Crippen LogP contribution in [0.4, 0.5) is 0 Å². The standard InChI is InChI=1S/C10H20N2/c1-5-12(6-2)10(8-11)7-9(3)4/h9-10H,5-7H2,1-4H3. The molecule has 0 aromatic heterocycles. The second kappa shape index (κ2) is 6.02. The molecule has 0 aliphatic heterocycles. The Morgan fingerprint density at radius 2 is 1.75 bits per heavy atom. The molecule has 0 aromatic rings. The second-order valence-electron chi connectivity index (χ2n) is 3.50. The van der Waals surface area contributed by atoms with E-state index in [4.69, 9.17) is 5.26 Å². The Morgan fingerprint density at radius 3 is 2.00 bits per heavy atom. The van der Waals surface area contributed by atoms with Crippen LogP contribution in [-0.2, 0) is 0 Å². The van der Waals surface area contributed by atoms with Crippen molar-refractivity contribution in [3.63, 3.8) is 0 Å². The average molecular weight is 168 g/mol. The van der Waals surface area contributed by atoms with Gasteiger partial charge in [0, 0.05) is 0 Å². The summed E-state index contributed by atoms with van der Waals surface area (Å²) in [5, 5.41) is 8.92. The lowest BCUT2D eigenvalue weighted by Gasteiger charge is -2.25. The van der Waals surface area contributed by atoms with Gasteiger partial charge in [-0.2, -0.15) is 5.26 Å². The molecule has 0 N–H and O–H groups in total. The molecule has 0 spiro atoms. The molecular formula is C10H20N2. The zero-order chi connectivity index (χ0) is 9.56. The minimum Gasteiger partial charge on any atom is -0.289 e. The summed E-state index contributed by atoms with van der Waals surface area (Å²) < 4.78 is 0. The summed E-state index contributed by atoms with van der Waals surface area (Å²) in [5.41, 5.74) is 0. The molecule has 12 heavy (non-hydrogen) atoms. The van der Waals surface area contributed by atoms with E-state index in [9.17, 15) is 0 Å². The minimum atomic E-state index is 0.111. The predicted octanol–water partition coefficient (Wildman–Crippen LogP) is 2.27. The first kappa shape index (κ1) is 11.4. The molecule has 0 fully saturated rings. The zero-order valence-electron chi connectivity index (χ0n) is 8.67. The monoisotopic (exact) mass is 168 g/mol. The Hall–Kier alpha value is -0.550. The molecule has 1 atom stereocenters. The molecule has 0 amide bonds. The predicted molar refractivity (Wildman–Crippen MR) is 51.8 cm³/mol. The number of hydrogen-bond acceptors (Lipinski definition) is 2. The molecule has 0 aliphatic rings. The van der Waals surface area contributed by atoms with E-state index in [-0.39, 0.29) is 6.04 Å². The van der Waals surface area contributed by atoms with Crippen molar-refractivity contribution in [1.29, 1.82) is 5.26 Å². The molecular weight excluding hydrogens is 148 g/mol. The quantitative estimate of drug-likeness (QED) is 0.629. The molecule has 0 radical (unpaired) electrons. The Balaban J connectivity index is 4.04. The zero-order valence-corrected chi connectivity index (χ0v) is 8.67. The summed E-state index contributed by atoms with van der Waals surface area (Å²) in [7, 11) is 0. The fourth-order valence-electron chi connectivity index (χ4n) is 1.39. The molecule has 0 aromatic carbocycles. The number of hydrogen-bond donors (Lipinski definition) is 0. The molecule has 0 saturated carbocycles. The topological polar surface area (TPSA) is 27.0 Å². The van der Waals surface area contributed by atoms with Crippen LogP contribution in [-0.4, -0.2) is 24.0 Å². The fraction of sp³-hybridized carbons (Fsp3) is 0.900. The lowest BCUT2D eigenvalue weighted by Crippen LogP contribution is -2.34. The van der Waals surface area contributed by atoms with Crippen molar-refractivity contribution in [2.75, 3.05) is 13.1 Å². The average Bonchev–Trinajstić information content (AvgIpc) is 2.04. The highest BCUT2D eigenvalue weighted by Crippen LogP contribution is 2.10. The molecule has 2 nitrogen and oxygen atoms in total. The van der Waals surface area contributed by atoms with Crippen molar-refractivity contribution in [3.8, 4) is 6.07 Å². The van der Waals surface area contributed by atoms with E-state index in [0.717, 1.165) is 19.5 Å². The Labute approximate surface area is 76.2 Å². The van der Waals surface area contributed by atoms with Crippen LogP contribution in [0, 0.1) is 17.2 Å². The highest BCUT2D eigenvalue weighted by Gasteiger charge is 2.15. The van der Waals surface area contributed by atoms with Crippen LogP contribution in [0.5, 0.6) is 0 Å². The van der Waals surface area contributed by atoms with Crippen molar-refractivity contribution in [3.05, 3.63) is 0 Å². The Morgan fingerprint density at radius 1 is 1.25 bits per heavy atom. The maximum atomic E-state index is 8.92. The third kappa shape index (κ3) is 3.73. The highest BCUT2D eigenvalue weighted by atomic mass is 15.1. The molecule has 2 heteroatoms. The van der Waals surface area contributed by atoms with E-state index in [1.165, 1.54) is 0 Å². The maximum Gasteiger partial charge on any atom is 0.0980 e. The normalized spacial score (nSPS) is 13.4. The molecule has 0 rings (SSSR count). The number of nitrogens with zero attached hydrogens (tertiary/aromatic N) is 2. The van der Waals surface area contributed by atoms with Gasteiger partial charge in [0.2, 0.25) is 0 Å². The van der Waals surface area contributed by atoms with Gasteiger partial charge in [0.15, 0.2) is 0 Å². The lowest BCUT2D eigenvalue weighted by molar-refractivity contribution is 0.233. The van der Waals surface area contributed by atoms with Crippen LogP contribution in [0.2, 0.25) is 0 Å². The smallest absolute Gasteiger partial charge is 0.0980 e. The van der Waals surface area contributed by atoms with E-state index in [2.05, 4.69) is 38.7 Å². The van der Waals surface area contributed by atoms with Gasteiger partial charge in [0.1, 0.15) is 0 Å². The molecule has 0 heterocycles. The Kier molecular flexibility index (Phi) is 5.74. The van der Waals surface area contributed by atoms with Crippen molar-refractivity contribution in [2.45, 2.75) is 40.2 Å². The van der Waals surface area contributed by atoms with E-state index >= 15 is 0 Å². The van der Waals surface area contributed by atoms with Crippen molar-refractivity contribution >= 4 is 0 Å². The first-order valence-electron chi connectivity index (χ1n) is 4.79. The van der Waals surface area contributed by atoms with Gasteiger partial charge in [0.25, 0.3) is 0 Å². The van der Waals surface area contributed by atoms with Gasteiger partial charge < -0.3 is 0 Å². The summed E-state index contributed by atoms with van der Waals surface area (Å²) in [6, 6.07) is 2.47. The molecule has 0 bridgehead atoms. The van der Waals surface area contributed by atoms with Crippen LogP contribution in [0.15, 0.2) is 0 Å². The van der Waals surface area contributed by atoms with Gasteiger partial charge in [-0.05, 0) is 25.4 Å². The van der Waals surface area contributed by atoms with Gasteiger partial charge in [0.05, 0.1) is 12.1 Å². The SMILES string of the molecule is CCN(CC)C(C#N)CC(C)C. The van der Waals surface area contributed by atoms with Crippen molar-refractivity contribution < 1.29 is 0 Å². The summed E-state index contributed by atoms with van der Waals surface area (Å²) in [6.07, 6.45) is 0.984. The summed E-state index contributed by atoms with van der Waals surface area (Å²) >= 11 is 0. The van der Waals surface area contributed by atoms with Gasteiger partial charge >= 0.3 is 0 Å². The molecule has 70 valence electrons. The summed E-state index contributed by atoms with van der Waals surface area (Å²) in [5.74, 6) is 0.607. The maximum absolute atomic E-state index is 8.92. The third-order valence-electron chi connectivity index (χ3n) is 2.10. The lowest BCUT2D eigenvalue weighted by atomic mass is 10.0. The van der Waals surface area contributed by atoms with E-state index < -0.39 is 0 Å². The van der Waals surface area contributed by atoms with E-state index in [1.54, 1.807) is 0 Å².